The van der Waals surface area contributed by atoms with E-state index < -0.39 is 11.9 Å². The summed E-state index contributed by atoms with van der Waals surface area (Å²) in [6.07, 6.45) is 7.57. The van der Waals surface area contributed by atoms with Crippen LogP contribution in [0.1, 0.15) is 52.4 Å². The Morgan fingerprint density at radius 2 is 1.55 bits per heavy atom. The minimum absolute atomic E-state index is 0.204. The van der Waals surface area contributed by atoms with Crippen molar-refractivity contribution >= 4 is 17.8 Å². The first-order valence-electron chi connectivity index (χ1n) is 7.88. The van der Waals surface area contributed by atoms with Crippen LogP contribution in [0, 0.1) is 0 Å². The maximum absolute atomic E-state index is 11.0. The van der Waals surface area contributed by atoms with Crippen LogP contribution in [-0.4, -0.2) is 37.6 Å². The monoisotopic (exact) mass is 313 g/mol. The molecule has 1 heterocycles. The molecular formula is C16H27NO5. The SMILES string of the molecule is CCCCOC(=O)/C=C\C(=O)OCCCC.O=C1CCCN1. The number of nitrogens with one attached hydrogen (secondary N) is 1. The average Bonchev–Trinajstić information content (AvgIpc) is 2.97. The molecule has 0 bridgehead atoms. The zero-order valence-electron chi connectivity index (χ0n) is 13.6. The fourth-order valence-electron chi connectivity index (χ4n) is 1.43. The summed E-state index contributed by atoms with van der Waals surface area (Å²) in [5.41, 5.74) is 0. The van der Waals surface area contributed by atoms with Crippen molar-refractivity contribution in [3.8, 4) is 0 Å². The molecule has 0 spiro atoms. The van der Waals surface area contributed by atoms with Crippen LogP contribution in [0.5, 0.6) is 0 Å². The lowest BCUT2D eigenvalue weighted by atomic mass is 10.4. The maximum atomic E-state index is 11.0. The molecule has 1 fully saturated rings. The van der Waals surface area contributed by atoms with Gasteiger partial charge in [0.1, 0.15) is 0 Å². The van der Waals surface area contributed by atoms with E-state index in [0.29, 0.717) is 13.2 Å². The number of hydrogen-bond donors (Lipinski definition) is 1. The van der Waals surface area contributed by atoms with Crippen LogP contribution in [0.4, 0.5) is 0 Å². The third kappa shape index (κ3) is 13.1. The van der Waals surface area contributed by atoms with Crippen molar-refractivity contribution in [2.24, 2.45) is 0 Å². The van der Waals surface area contributed by atoms with Crippen LogP contribution in [0.2, 0.25) is 0 Å². The maximum Gasteiger partial charge on any atom is 0.331 e. The van der Waals surface area contributed by atoms with Crippen molar-refractivity contribution in [3.63, 3.8) is 0 Å². The summed E-state index contributed by atoms with van der Waals surface area (Å²) in [6, 6.07) is 0. The summed E-state index contributed by atoms with van der Waals surface area (Å²) in [6.45, 7) is 5.69. The lowest BCUT2D eigenvalue weighted by Gasteiger charge is -2.00. The quantitative estimate of drug-likeness (QED) is 0.422. The van der Waals surface area contributed by atoms with Gasteiger partial charge < -0.3 is 14.8 Å². The van der Waals surface area contributed by atoms with Gasteiger partial charge in [0.15, 0.2) is 0 Å². The fourth-order valence-corrected chi connectivity index (χ4v) is 1.43. The van der Waals surface area contributed by atoms with Gasteiger partial charge in [-0.15, -0.1) is 0 Å². The van der Waals surface area contributed by atoms with Gasteiger partial charge in [0.25, 0.3) is 0 Å². The molecule has 1 aliphatic rings. The van der Waals surface area contributed by atoms with Gasteiger partial charge in [0.05, 0.1) is 13.2 Å². The number of ether oxygens (including phenoxy) is 2. The molecule has 0 aromatic heterocycles. The van der Waals surface area contributed by atoms with E-state index in [-0.39, 0.29) is 5.91 Å². The smallest absolute Gasteiger partial charge is 0.331 e. The molecule has 0 saturated carbocycles. The lowest BCUT2D eigenvalue weighted by molar-refractivity contribution is -0.140. The van der Waals surface area contributed by atoms with Gasteiger partial charge in [-0.05, 0) is 19.3 Å². The van der Waals surface area contributed by atoms with E-state index in [0.717, 1.165) is 57.2 Å². The van der Waals surface area contributed by atoms with Gasteiger partial charge in [-0.3, -0.25) is 4.79 Å². The largest absolute Gasteiger partial charge is 0.463 e. The topological polar surface area (TPSA) is 81.7 Å². The highest BCUT2D eigenvalue weighted by molar-refractivity contribution is 5.91. The van der Waals surface area contributed by atoms with E-state index in [9.17, 15) is 14.4 Å². The summed E-state index contributed by atoms with van der Waals surface area (Å²) in [7, 11) is 0. The molecule has 1 N–H and O–H groups in total. The first-order valence-corrected chi connectivity index (χ1v) is 7.88. The Balaban J connectivity index is 0.000000604. The van der Waals surface area contributed by atoms with Crippen LogP contribution < -0.4 is 5.32 Å². The first-order chi connectivity index (χ1) is 10.6. The van der Waals surface area contributed by atoms with E-state index in [4.69, 9.17) is 9.47 Å². The first kappa shape index (κ1) is 20.1. The number of carbonyl (C=O) groups is 3. The highest BCUT2D eigenvalue weighted by Gasteiger charge is 2.05. The molecule has 0 radical (unpaired) electrons. The molecule has 0 aromatic carbocycles. The van der Waals surface area contributed by atoms with Crippen molar-refractivity contribution in [2.75, 3.05) is 19.8 Å². The van der Waals surface area contributed by atoms with E-state index in [1.165, 1.54) is 0 Å². The Hall–Kier alpha value is -1.85. The molecule has 0 unspecified atom stereocenters. The molecule has 22 heavy (non-hydrogen) atoms. The van der Waals surface area contributed by atoms with Crippen molar-refractivity contribution in [1.29, 1.82) is 0 Å². The molecule has 1 rings (SSSR count). The predicted octanol–water partition coefficient (Wildman–Crippen LogP) is 2.13. The summed E-state index contributed by atoms with van der Waals surface area (Å²) < 4.78 is 9.65. The lowest BCUT2D eigenvalue weighted by Crippen LogP contribution is -2.12. The van der Waals surface area contributed by atoms with E-state index in [1.54, 1.807) is 0 Å². The van der Waals surface area contributed by atoms with E-state index in [2.05, 4.69) is 5.32 Å². The highest BCUT2D eigenvalue weighted by atomic mass is 16.5. The molecule has 0 atom stereocenters. The molecule has 0 aliphatic carbocycles. The molecule has 6 heteroatoms. The predicted molar refractivity (Wildman–Crippen MR) is 83.1 cm³/mol. The van der Waals surface area contributed by atoms with Gasteiger partial charge in [-0.2, -0.15) is 0 Å². The highest BCUT2D eigenvalue weighted by Crippen LogP contribution is 1.93. The summed E-state index contributed by atoms with van der Waals surface area (Å²) in [4.78, 5) is 32.2. The van der Waals surface area contributed by atoms with Crippen molar-refractivity contribution in [3.05, 3.63) is 12.2 Å². The minimum atomic E-state index is -0.499. The normalized spacial score (nSPS) is 13.3. The Labute approximate surface area is 132 Å². The van der Waals surface area contributed by atoms with Crippen molar-refractivity contribution in [2.45, 2.75) is 52.4 Å². The average molecular weight is 313 g/mol. The summed E-state index contributed by atoms with van der Waals surface area (Å²) in [5.74, 6) is -0.795. The zero-order valence-corrected chi connectivity index (χ0v) is 13.6. The molecule has 1 saturated heterocycles. The fraction of sp³-hybridized carbons (Fsp3) is 0.688. The van der Waals surface area contributed by atoms with Gasteiger partial charge in [-0.25, -0.2) is 9.59 Å². The van der Waals surface area contributed by atoms with Crippen LogP contribution in [0.25, 0.3) is 0 Å². The second-order valence-electron chi connectivity index (χ2n) is 4.83. The standard InChI is InChI=1S/C12H20O4.C4H7NO/c1-3-5-9-15-11(13)7-8-12(14)16-10-6-4-2;6-4-2-1-3-5-4/h7-8H,3-6,9-10H2,1-2H3;1-3H2,(H,5,6)/b8-7-;. The molecular weight excluding hydrogens is 286 g/mol. The number of esters is 2. The van der Waals surface area contributed by atoms with Crippen LogP contribution in [0.15, 0.2) is 12.2 Å². The number of rotatable bonds is 8. The second-order valence-corrected chi connectivity index (χ2v) is 4.83. The summed E-state index contributed by atoms with van der Waals surface area (Å²) >= 11 is 0. The number of unbranched alkanes of at least 4 members (excludes halogenated alkanes) is 2. The third-order valence-electron chi connectivity index (χ3n) is 2.74. The van der Waals surface area contributed by atoms with Crippen LogP contribution in [0.3, 0.4) is 0 Å². The number of amides is 1. The number of carbonyl (C=O) groups excluding carboxylic acids is 3. The van der Waals surface area contributed by atoms with E-state index in [1.807, 2.05) is 13.8 Å². The van der Waals surface area contributed by atoms with Gasteiger partial charge in [0.2, 0.25) is 5.91 Å². The molecule has 6 nitrogen and oxygen atoms in total. The molecule has 126 valence electrons. The van der Waals surface area contributed by atoms with E-state index >= 15 is 0 Å². The third-order valence-corrected chi connectivity index (χ3v) is 2.74. The van der Waals surface area contributed by atoms with Gasteiger partial charge in [0, 0.05) is 25.1 Å². The molecule has 1 aliphatic heterocycles. The van der Waals surface area contributed by atoms with Crippen molar-refractivity contribution < 1.29 is 23.9 Å². The Morgan fingerprint density at radius 3 is 1.82 bits per heavy atom. The van der Waals surface area contributed by atoms with Crippen molar-refractivity contribution in [1.82, 2.24) is 5.32 Å². The van der Waals surface area contributed by atoms with Crippen LogP contribution in [-0.2, 0) is 23.9 Å². The summed E-state index contributed by atoms with van der Waals surface area (Å²) in [5, 5.41) is 2.68. The van der Waals surface area contributed by atoms with Gasteiger partial charge >= 0.3 is 11.9 Å². The van der Waals surface area contributed by atoms with Gasteiger partial charge in [-0.1, -0.05) is 26.7 Å². The van der Waals surface area contributed by atoms with Crippen LogP contribution >= 0.6 is 0 Å². The second kappa shape index (κ2) is 14.1. The Morgan fingerprint density at radius 1 is 1.05 bits per heavy atom. The zero-order chi connectivity index (χ0) is 16.6. The Bertz CT molecular complexity index is 334. The number of hydrogen-bond acceptors (Lipinski definition) is 5. The Kier molecular flexibility index (Phi) is 12.9. The minimum Gasteiger partial charge on any atom is -0.463 e. The molecule has 1 amide bonds. The molecule has 0 aromatic rings.